The first kappa shape index (κ1) is 18.3. The lowest BCUT2D eigenvalue weighted by Gasteiger charge is -2.14. The second-order valence-electron chi connectivity index (χ2n) is 6.01. The highest BCUT2D eigenvalue weighted by Gasteiger charge is 2.29. The molecule has 8 heteroatoms. The predicted molar refractivity (Wildman–Crippen MR) is 95.3 cm³/mol. The highest BCUT2D eigenvalue weighted by atomic mass is 35.5. The van der Waals surface area contributed by atoms with Gasteiger partial charge in [-0.1, -0.05) is 23.7 Å². The molecule has 0 radical (unpaired) electrons. The van der Waals surface area contributed by atoms with Crippen molar-refractivity contribution in [1.29, 1.82) is 0 Å². The smallest absolute Gasteiger partial charge is 0.248 e. The lowest BCUT2D eigenvalue weighted by atomic mass is 10.0. The van der Waals surface area contributed by atoms with Crippen molar-refractivity contribution in [1.82, 2.24) is 5.32 Å². The molecule has 2 amide bonds. The molecule has 3 rings (SSSR count). The van der Waals surface area contributed by atoms with Crippen LogP contribution < -0.4 is 16.4 Å². The number of carbonyl (C=O) groups is 2. The van der Waals surface area contributed by atoms with Crippen LogP contribution in [0.2, 0.25) is 5.02 Å². The molecule has 2 atom stereocenters. The summed E-state index contributed by atoms with van der Waals surface area (Å²) in [5.41, 5.74) is 5.77. The summed E-state index contributed by atoms with van der Waals surface area (Å²) < 4.78 is 28.1. The molecular weight excluding hydrogens is 364 g/mol. The van der Waals surface area contributed by atoms with Crippen LogP contribution >= 0.6 is 11.6 Å². The lowest BCUT2D eigenvalue weighted by Crippen LogP contribution is -2.35. The minimum absolute atomic E-state index is 0.0413. The largest absolute Gasteiger partial charge is 0.366 e. The number of hydrogen-bond donors (Lipinski definition) is 3. The minimum Gasteiger partial charge on any atom is -0.366 e. The Bertz CT molecular complexity index is 876. The molecule has 0 bridgehead atoms. The number of rotatable bonds is 4. The van der Waals surface area contributed by atoms with Gasteiger partial charge in [-0.3, -0.25) is 9.59 Å². The van der Waals surface area contributed by atoms with Gasteiger partial charge in [-0.2, -0.15) is 0 Å². The van der Waals surface area contributed by atoms with Gasteiger partial charge < -0.3 is 16.4 Å². The molecule has 26 heavy (non-hydrogen) atoms. The van der Waals surface area contributed by atoms with Crippen molar-refractivity contribution >= 4 is 29.1 Å². The number of anilines is 1. The standard InChI is InChI=1S/C18H16ClF2N3O2/c19-13-5-4-9(17(22)25)6-12(13)11-2-1-3-14(16(11)21)24-18(26)15-7-10(20)8-23-15/h1-6,10,15,23H,7-8H2,(H2,22,25)(H,24,26)/t10-,15+/m1/s1. The quantitative estimate of drug-likeness (QED) is 0.763. The van der Waals surface area contributed by atoms with Crippen molar-refractivity contribution in [2.24, 2.45) is 5.73 Å². The summed E-state index contributed by atoms with van der Waals surface area (Å²) in [6.45, 7) is 0.0934. The highest BCUT2D eigenvalue weighted by Crippen LogP contribution is 2.33. The van der Waals surface area contributed by atoms with Crippen molar-refractivity contribution in [2.75, 3.05) is 11.9 Å². The fourth-order valence-corrected chi connectivity index (χ4v) is 3.05. The van der Waals surface area contributed by atoms with E-state index in [0.29, 0.717) is 0 Å². The molecule has 0 aliphatic carbocycles. The molecule has 1 saturated heterocycles. The van der Waals surface area contributed by atoms with E-state index in [2.05, 4.69) is 10.6 Å². The Morgan fingerprint density at radius 1 is 1.23 bits per heavy atom. The first-order chi connectivity index (χ1) is 12.4. The Balaban J connectivity index is 1.92. The first-order valence-electron chi connectivity index (χ1n) is 7.93. The Hall–Kier alpha value is -2.51. The number of alkyl halides is 1. The normalized spacial score (nSPS) is 19.3. The number of nitrogens with two attached hydrogens (primary N) is 1. The zero-order valence-electron chi connectivity index (χ0n) is 13.6. The third-order valence-electron chi connectivity index (χ3n) is 4.19. The second kappa shape index (κ2) is 7.39. The van der Waals surface area contributed by atoms with Crippen molar-refractivity contribution in [3.05, 3.63) is 52.8 Å². The average Bonchev–Trinajstić information content (AvgIpc) is 3.04. The van der Waals surface area contributed by atoms with Gasteiger partial charge in [0.2, 0.25) is 11.8 Å². The zero-order chi connectivity index (χ0) is 18.8. The van der Waals surface area contributed by atoms with Crippen LogP contribution in [0.5, 0.6) is 0 Å². The summed E-state index contributed by atoms with van der Waals surface area (Å²) in [6.07, 6.45) is -1.06. The number of halogens is 3. The zero-order valence-corrected chi connectivity index (χ0v) is 14.3. The summed E-state index contributed by atoms with van der Waals surface area (Å²) in [5.74, 6) is -1.89. The van der Waals surface area contributed by atoms with Crippen molar-refractivity contribution in [2.45, 2.75) is 18.6 Å². The molecule has 0 aromatic heterocycles. The van der Waals surface area contributed by atoms with Gasteiger partial charge in [0.05, 0.1) is 11.7 Å². The number of benzene rings is 2. The number of hydrogen-bond acceptors (Lipinski definition) is 3. The molecule has 136 valence electrons. The Kier molecular flexibility index (Phi) is 5.20. The molecule has 0 saturated carbocycles. The molecule has 1 aliphatic heterocycles. The van der Waals surface area contributed by atoms with E-state index in [1.54, 1.807) is 6.07 Å². The van der Waals surface area contributed by atoms with Crippen molar-refractivity contribution < 1.29 is 18.4 Å². The maximum Gasteiger partial charge on any atom is 0.248 e. The topological polar surface area (TPSA) is 84.2 Å². The van der Waals surface area contributed by atoms with Crippen LogP contribution in [0.4, 0.5) is 14.5 Å². The Labute approximate surface area is 153 Å². The molecule has 4 N–H and O–H groups in total. The van der Waals surface area contributed by atoms with Gasteiger partial charge in [0, 0.05) is 34.7 Å². The average molecular weight is 380 g/mol. The minimum atomic E-state index is -1.10. The van der Waals surface area contributed by atoms with Crippen LogP contribution in [0.1, 0.15) is 16.8 Å². The van der Waals surface area contributed by atoms with Crippen LogP contribution in [0.3, 0.4) is 0 Å². The SMILES string of the molecule is NC(=O)c1ccc(Cl)c(-c2cccc(NC(=O)[C@@H]3C[C@@H](F)CN3)c2F)c1. The van der Waals surface area contributed by atoms with Crippen molar-refractivity contribution in [3.8, 4) is 11.1 Å². The summed E-state index contributed by atoms with van der Waals surface area (Å²) in [7, 11) is 0. The fraction of sp³-hybridized carbons (Fsp3) is 0.222. The van der Waals surface area contributed by atoms with E-state index in [1.807, 2.05) is 0 Å². The molecule has 5 nitrogen and oxygen atoms in total. The number of nitrogens with one attached hydrogen (secondary N) is 2. The molecule has 0 spiro atoms. The van der Waals surface area contributed by atoms with Gasteiger partial charge in [-0.15, -0.1) is 0 Å². The van der Waals surface area contributed by atoms with Crippen LogP contribution in [-0.4, -0.2) is 30.6 Å². The fourth-order valence-electron chi connectivity index (χ4n) is 2.83. The maximum absolute atomic E-state index is 14.9. The molecule has 1 aliphatic rings. The summed E-state index contributed by atoms with van der Waals surface area (Å²) in [5, 5.41) is 5.43. The van der Waals surface area contributed by atoms with Crippen LogP contribution in [0.15, 0.2) is 36.4 Å². The molecule has 2 aromatic carbocycles. The third-order valence-corrected chi connectivity index (χ3v) is 4.52. The van der Waals surface area contributed by atoms with Crippen LogP contribution in [0.25, 0.3) is 11.1 Å². The summed E-state index contributed by atoms with van der Waals surface area (Å²) >= 11 is 6.13. The predicted octanol–water partition coefficient (Wildman–Crippen LogP) is 2.88. The number of amides is 2. The third kappa shape index (κ3) is 3.68. The van der Waals surface area contributed by atoms with Crippen LogP contribution in [0, 0.1) is 5.82 Å². The molecule has 1 fully saturated rings. The van der Waals surface area contributed by atoms with E-state index in [4.69, 9.17) is 17.3 Å². The number of carbonyl (C=O) groups excluding carboxylic acids is 2. The van der Waals surface area contributed by atoms with Gasteiger partial charge in [0.15, 0.2) is 5.82 Å². The van der Waals surface area contributed by atoms with Crippen molar-refractivity contribution in [3.63, 3.8) is 0 Å². The van der Waals surface area contributed by atoms with Gasteiger partial charge in [-0.05, 0) is 24.3 Å². The van der Waals surface area contributed by atoms with Gasteiger partial charge >= 0.3 is 0 Å². The molecular formula is C18H16ClF2N3O2. The van der Waals surface area contributed by atoms with Crippen LogP contribution in [-0.2, 0) is 4.79 Å². The van der Waals surface area contributed by atoms with E-state index in [1.165, 1.54) is 30.3 Å². The number of primary amides is 1. The van der Waals surface area contributed by atoms with E-state index < -0.39 is 29.8 Å². The monoisotopic (exact) mass is 379 g/mol. The summed E-state index contributed by atoms with van der Waals surface area (Å²) in [6, 6.07) is 7.98. The Morgan fingerprint density at radius 2 is 2.00 bits per heavy atom. The van der Waals surface area contributed by atoms with E-state index in [0.717, 1.165) is 0 Å². The molecule has 0 unspecified atom stereocenters. The highest BCUT2D eigenvalue weighted by molar-refractivity contribution is 6.33. The first-order valence-corrected chi connectivity index (χ1v) is 8.31. The molecule has 1 heterocycles. The second-order valence-corrected chi connectivity index (χ2v) is 6.42. The van der Waals surface area contributed by atoms with Gasteiger partial charge in [0.1, 0.15) is 6.17 Å². The lowest BCUT2D eigenvalue weighted by molar-refractivity contribution is -0.117. The van der Waals surface area contributed by atoms with Gasteiger partial charge in [0.25, 0.3) is 0 Å². The van der Waals surface area contributed by atoms with E-state index in [9.17, 15) is 18.4 Å². The Morgan fingerprint density at radius 3 is 2.65 bits per heavy atom. The van der Waals surface area contributed by atoms with Gasteiger partial charge in [-0.25, -0.2) is 8.78 Å². The summed E-state index contributed by atoms with van der Waals surface area (Å²) in [4.78, 5) is 23.5. The maximum atomic E-state index is 14.9. The van der Waals surface area contributed by atoms with E-state index >= 15 is 0 Å². The molecule has 2 aromatic rings. The van der Waals surface area contributed by atoms with E-state index in [-0.39, 0.29) is 40.4 Å².